The van der Waals surface area contributed by atoms with Gasteiger partial charge in [0.25, 0.3) is 0 Å². The maximum Gasteiger partial charge on any atom is 0.0351 e. The average molecular weight is 309 g/mol. The first kappa shape index (κ1) is 16.2. The summed E-state index contributed by atoms with van der Waals surface area (Å²) < 4.78 is 0. The van der Waals surface area contributed by atoms with Crippen LogP contribution in [0, 0.1) is 0 Å². The summed E-state index contributed by atoms with van der Waals surface area (Å²) >= 11 is 0. The van der Waals surface area contributed by atoms with Crippen LogP contribution in [-0.2, 0) is 13.1 Å². The molecule has 0 N–H and O–H groups in total. The Labute approximate surface area is 140 Å². The molecule has 122 valence electrons. The predicted molar refractivity (Wildman–Crippen MR) is 95.1 cm³/mol. The first-order valence-electron chi connectivity index (χ1n) is 8.59. The monoisotopic (exact) mass is 309 g/mol. The summed E-state index contributed by atoms with van der Waals surface area (Å²) in [5.41, 5.74) is 4.20. The van der Waals surface area contributed by atoms with Crippen molar-refractivity contribution < 1.29 is 0 Å². The summed E-state index contributed by atoms with van der Waals surface area (Å²) in [5, 5.41) is 0. The van der Waals surface area contributed by atoms with Crippen LogP contribution in [-0.4, -0.2) is 35.4 Å². The van der Waals surface area contributed by atoms with Gasteiger partial charge in [0.2, 0.25) is 0 Å². The van der Waals surface area contributed by atoms with E-state index in [4.69, 9.17) is 0 Å². The second kappa shape index (κ2) is 7.71. The highest BCUT2D eigenvalue weighted by Gasteiger charge is 2.23. The quantitative estimate of drug-likeness (QED) is 0.836. The third-order valence-electron chi connectivity index (χ3n) is 4.61. The Morgan fingerprint density at radius 2 is 1.74 bits per heavy atom. The van der Waals surface area contributed by atoms with E-state index in [-0.39, 0.29) is 0 Å². The van der Waals surface area contributed by atoms with Crippen LogP contribution in [0.2, 0.25) is 0 Å². The minimum absolute atomic E-state index is 0.547. The number of aromatic nitrogens is 1. The van der Waals surface area contributed by atoms with Gasteiger partial charge in [0.1, 0.15) is 0 Å². The van der Waals surface area contributed by atoms with Gasteiger partial charge in [0.05, 0.1) is 0 Å². The highest BCUT2D eigenvalue weighted by Crippen LogP contribution is 2.32. The molecule has 0 bridgehead atoms. The van der Waals surface area contributed by atoms with E-state index in [9.17, 15) is 0 Å². The molecule has 0 spiro atoms. The second-order valence-electron chi connectivity index (χ2n) is 6.82. The number of hydrogen-bond acceptors (Lipinski definition) is 3. The van der Waals surface area contributed by atoms with E-state index in [0.717, 1.165) is 13.1 Å². The zero-order valence-corrected chi connectivity index (χ0v) is 14.3. The van der Waals surface area contributed by atoms with Gasteiger partial charge in [-0.1, -0.05) is 30.7 Å². The Morgan fingerprint density at radius 3 is 2.43 bits per heavy atom. The van der Waals surface area contributed by atoms with Gasteiger partial charge in [-0.25, -0.2) is 0 Å². The summed E-state index contributed by atoms with van der Waals surface area (Å²) in [5.74, 6) is 0. The minimum Gasteiger partial charge on any atom is -0.305 e. The number of hydrogen-bond donors (Lipinski definition) is 0. The molecule has 1 aromatic carbocycles. The lowest BCUT2D eigenvalue weighted by molar-refractivity contribution is 0.140. The average Bonchev–Trinajstić information content (AvgIpc) is 2.57. The van der Waals surface area contributed by atoms with Crippen molar-refractivity contribution in [2.45, 2.75) is 38.4 Å². The smallest absolute Gasteiger partial charge is 0.0351 e. The maximum atomic E-state index is 4.13. The molecule has 1 aromatic heterocycles. The number of nitrogens with zero attached hydrogens (tertiary/aromatic N) is 3. The standard InChI is InChI=1S/C20H27N3/c1-22(2)15-17-6-8-19(9-7-17)20-5-3-4-14-23(20)16-18-10-12-21-13-11-18/h6-13,20H,3-5,14-16H2,1-2H3/t20-/m1/s1. The Bertz CT molecular complexity index is 592. The molecule has 2 aromatic rings. The van der Waals surface area contributed by atoms with Crippen LogP contribution in [0.15, 0.2) is 48.8 Å². The van der Waals surface area contributed by atoms with Gasteiger partial charge >= 0.3 is 0 Å². The number of likely N-dealkylation sites (tertiary alicyclic amines) is 1. The van der Waals surface area contributed by atoms with Gasteiger partial charge in [-0.05, 0) is 62.3 Å². The van der Waals surface area contributed by atoms with Crippen molar-refractivity contribution in [2.24, 2.45) is 0 Å². The molecule has 0 unspecified atom stereocenters. The molecule has 23 heavy (non-hydrogen) atoms. The largest absolute Gasteiger partial charge is 0.305 e. The zero-order valence-electron chi connectivity index (χ0n) is 14.3. The van der Waals surface area contributed by atoms with Crippen LogP contribution in [0.5, 0.6) is 0 Å². The second-order valence-corrected chi connectivity index (χ2v) is 6.82. The van der Waals surface area contributed by atoms with Crippen molar-refractivity contribution in [3.8, 4) is 0 Å². The van der Waals surface area contributed by atoms with Crippen LogP contribution in [0.25, 0.3) is 0 Å². The van der Waals surface area contributed by atoms with E-state index in [1.807, 2.05) is 12.4 Å². The summed E-state index contributed by atoms with van der Waals surface area (Å²) in [7, 11) is 4.23. The van der Waals surface area contributed by atoms with Crippen LogP contribution in [0.3, 0.4) is 0 Å². The summed E-state index contributed by atoms with van der Waals surface area (Å²) in [6.07, 6.45) is 7.68. The Kier molecular flexibility index (Phi) is 5.42. The van der Waals surface area contributed by atoms with Crippen molar-refractivity contribution in [3.05, 3.63) is 65.5 Å². The highest BCUT2D eigenvalue weighted by molar-refractivity contribution is 5.26. The summed E-state index contributed by atoms with van der Waals surface area (Å²) in [6, 6.07) is 14.0. The topological polar surface area (TPSA) is 19.4 Å². The van der Waals surface area contributed by atoms with Gasteiger partial charge in [-0.3, -0.25) is 9.88 Å². The Balaban J connectivity index is 1.73. The fraction of sp³-hybridized carbons (Fsp3) is 0.450. The van der Waals surface area contributed by atoms with Crippen molar-refractivity contribution >= 4 is 0 Å². The van der Waals surface area contributed by atoms with E-state index in [2.05, 4.69) is 65.3 Å². The molecule has 3 rings (SSSR count). The van der Waals surface area contributed by atoms with E-state index in [1.54, 1.807) is 0 Å². The highest BCUT2D eigenvalue weighted by atomic mass is 15.2. The van der Waals surface area contributed by atoms with Crippen molar-refractivity contribution in [1.82, 2.24) is 14.8 Å². The number of benzene rings is 1. The fourth-order valence-corrected chi connectivity index (χ4v) is 3.49. The summed E-state index contributed by atoms with van der Waals surface area (Å²) in [6.45, 7) is 3.21. The molecule has 3 nitrogen and oxygen atoms in total. The van der Waals surface area contributed by atoms with Gasteiger partial charge < -0.3 is 4.90 Å². The first-order valence-corrected chi connectivity index (χ1v) is 8.59. The van der Waals surface area contributed by atoms with Gasteiger partial charge in [0.15, 0.2) is 0 Å². The number of piperidine rings is 1. The molecular formula is C20H27N3. The van der Waals surface area contributed by atoms with Gasteiger partial charge in [-0.2, -0.15) is 0 Å². The van der Waals surface area contributed by atoms with E-state index in [1.165, 1.54) is 42.5 Å². The fourth-order valence-electron chi connectivity index (χ4n) is 3.49. The normalized spacial score (nSPS) is 19.2. The van der Waals surface area contributed by atoms with Crippen LogP contribution in [0.4, 0.5) is 0 Å². The molecule has 1 atom stereocenters. The van der Waals surface area contributed by atoms with E-state index >= 15 is 0 Å². The predicted octanol–water partition coefficient (Wildman–Crippen LogP) is 3.87. The van der Waals surface area contributed by atoms with Gasteiger partial charge in [-0.15, -0.1) is 0 Å². The molecule has 1 aliphatic rings. The van der Waals surface area contributed by atoms with E-state index < -0.39 is 0 Å². The molecule has 1 fully saturated rings. The molecule has 0 aliphatic carbocycles. The van der Waals surface area contributed by atoms with Crippen molar-refractivity contribution in [2.75, 3.05) is 20.6 Å². The zero-order chi connectivity index (χ0) is 16.1. The molecule has 2 heterocycles. The lowest BCUT2D eigenvalue weighted by atomic mass is 9.94. The van der Waals surface area contributed by atoms with Crippen LogP contribution in [0.1, 0.15) is 42.0 Å². The Morgan fingerprint density at radius 1 is 1.00 bits per heavy atom. The molecule has 3 heteroatoms. The first-order chi connectivity index (χ1) is 11.2. The maximum absolute atomic E-state index is 4.13. The van der Waals surface area contributed by atoms with Crippen molar-refractivity contribution in [3.63, 3.8) is 0 Å². The molecule has 0 radical (unpaired) electrons. The molecule has 1 aliphatic heterocycles. The van der Waals surface area contributed by atoms with Crippen LogP contribution >= 0.6 is 0 Å². The van der Waals surface area contributed by atoms with Gasteiger partial charge in [0, 0.05) is 31.5 Å². The number of rotatable bonds is 5. The minimum atomic E-state index is 0.547. The van der Waals surface area contributed by atoms with Crippen LogP contribution < -0.4 is 0 Å². The molecule has 0 saturated carbocycles. The third-order valence-corrected chi connectivity index (χ3v) is 4.61. The summed E-state index contributed by atoms with van der Waals surface area (Å²) in [4.78, 5) is 8.96. The lowest BCUT2D eigenvalue weighted by Gasteiger charge is -2.36. The number of pyridine rings is 1. The molecule has 0 amide bonds. The third kappa shape index (κ3) is 4.40. The molecule has 1 saturated heterocycles. The lowest BCUT2D eigenvalue weighted by Crippen LogP contribution is -2.32. The SMILES string of the molecule is CN(C)Cc1ccc([C@H]2CCCCN2Cc2ccncc2)cc1. The Hall–Kier alpha value is -1.71. The molecular weight excluding hydrogens is 282 g/mol. The van der Waals surface area contributed by atoms with Crippen molar-refractivity contribution in [1.29, 1.82) is 0 Å². The van der Waals surface area contributed by atoms with E-state index in [0.29, 0.717) is 6.04 Å².